The molecule has 2 heterocycles. The summed E-state index contributed by atoms with van der Waals surface area (Å²) < 4.78 is 17.1. The molecule has 0 aliphatic carbocycles. The number of methoxy groups -OCH3 is 2. The number of hydrogen-bond donors (Lipinski definition) is 1. The highest BCUT2D eigenvalue weighted by Gasteiger charge is 2.34. The van der Waals surface area contributed by atoms with E-state index in [0.717, 1.165) is 29.5 Å². The third-order valence-electron chi connectivity index (χ3n) is 5.55. The fourth-order valence-corrected chi connectivity index (χ4v) is 3.94. The molecule has 0 radical (unpaired) electrons. The largest absolute Gasteiger partial charge is 0.493 e. The summed E-state index contributed by atoms with van der Waals surface area (Å²) in [6.45, 7) is 0.430. The molecule has 160 valence electrons. The Balaban J connectivity index is 1.53. The Hall–Kier alpha value is -3.38. The highest BCUT2D eigenvalue weighted by atomic mass is 16.5. The van der Waals surface area contributed by atoms with E-state index in [9.17, 15) is 4.79 Å². The molecule has 4 rings (SSSR count). The predicted octanol–water partition coefficient (Wildman–Crippen LogP) is 4.10. The van der Waals surface area contributed by atoms with Crippen molar-refractivity contribution in [1.29, 1.82) is 0 Å². The number of rotatable bonds is 9. The van der Waals surface area contributed by atoms with Crippen molar-refractivity contribution < 1.29 is 19.0 Å². The van der Waals surface area contributed by atoms with Crippen LogP contribution in [-0.2, 0) is 17.8 Å². The van der Waals surface area contributed by atoms with Crippen LogP contribution >= 0.6 is 0 Å². The van der Waals surface area contributed by atoms with Gasteiger partial charge in [-0.3, -0.25) is 9.78 Å². The van der Waals surface area contributed by atoms with E-state index in [1.165, 1.54) is 0 Å². The van der Waals surface area contributed by atoms with Gasteiger partial charge >= 0.3 is 0 Å². The Morgan fingerprint density at radius 2 is 1.84 bits per heavy atom. The Morgan fingerprint density at radius 1 is 1.00 bits per heavy atom. The third kappa shape index (κ3) is 4.70. The van der Waals surface area contributed by atoms with Crippen molar-refractivity contribution in [3.8, 4) is 11.5 Å². The first kappa shape index (κ1) is 20.9. The molecule has 0 saturated carbocycles. The number of aromatic nitrogens is 1. The Labute approximate surface area is 182 Å². The van der Waals surface area contributed by atoms with Gasteiger partial charge in [0.05, 0.1) is 33.0 Å². The molecule has 0 spiro atoms. The number of hydrogen-bond acceptors (Lipinski definition) is 5. The van der Waals surface area contributed by atoms with Crippen LogP contribution in [0.15, 0.2) is 67.0 Å². The van der Waals surface area contributed by atoms with Gasteiger partial charge in [0.25, 0.3) is 5.91 Å². The SMILES string of the molecule is COc1ccc(CCC(OCc2cccnc2)C2NC(=O)c3ccccc32)cc1OC. The van der Waals surface area contributed by atoms with Crippen molar-refractivity contribution in [2.75, 3.05) is 14.2 Å². The molecule has 31 heavy (non-hydrogen) atoms. The quantitative estimate of drug-likeness (QED) is 0.567. The maximum atomic E-state index is 12.5. The highest BCUT2D eigenvalue weighted by molar-refractivity contribution is 5.99. The van der Waals surface area contributed by atoms with Crippen molar-refractivity contribution in [2.45, 2.75) is 31.6 Å². The summed E-state index contributed by atoms with van der Waals surface area (Å²) in [4.78, 5) is 16.6. The minimum Gasteiger partial charge on any atom is -0.493 e. The summed E-state index contributed by atoms with van der Waals surface area (Å²) in [6, 6.07) is 17.3. The number of nitrogens with zero attached hydrogens (tertiary/aromatic N) is 1. The molecule has 1 aliphatic rings. The topological polar surface area (TPSA) is 69.7 Å². The zero-order valence-electron chi connectivity index (χ0n) is 17.7. The standard InChI is InChI=1S/C25H26N2O4/c1-29-21-11-9-17(14-23(21)30-2)10-12-22(31-16-18-6-5-13-26-15-18)24-19-7-3-4-8-20(19)25(28)27-24/h3-9,11,13-15,22,24H,10,12,16H2,1-2H3,(H,27,28). The molecule has 1 amide bonds. The van der Waals surface area contributed by atoms with Crippen LogP contribution in [0.3, 0.4) is 0 Å². The summed E-state index contributed by atoms with van der Waals surface area (Å²) in [7, 11) is 3.26. The highest BCUT2D eigenvalue weighted by Crippen LogP contribution is 2.33. The molecule has 1 N–H and O–H groups in total. The van der Waals surface area contributed by atoms with E-state index >= 15 is 0 Å². The Bertz CT molecular complexity index is 1040. The lowest BCUT2D eigenvalue weighted by atomic mass is 9.96. The third-order valence-corrected chi connectivity index (χ3v) is 5.55. The van der Waals surface area contributed by atoms with Crippen molar-refractivity contribution >= 4 is 5.91 Å². The number of amides is 1. The molecular weight excluding hydrogens is 392 g/mol. The maximum Gasteiger partial charge on any atom is 0.252 e. The molecule has 1 aromatic heterocycles. The van der Waals surface area contributed by atoms with Gasteiger partial charge in [0.15, 0.2) is 11.5 Å². The normalized spacial score (nSPS) is 15.8. The van der Waals surface area contributed by atoms with Gasteiger partial charge in [-0.25, -0.2) is 0 Å². The van der Waals surface area contributed by atoms with Crippen molar-refractivity contribution in [2.24, 2.45) is 0 Å². The van der Waals surface area contributed by atoms with Crippen molar-refractivity contribution in [3.63, 3.8) is 0 Å². The molecule has 0 fully saturated rings. The van der Waals surface area contributed by atoms with Crippen LogP contribution in [0.1, 0.15) is 39.5 Å². The molecule has 0 saturated heterocycles. The lowest BCUT2D eigenvalue weighted by Crippen LogP contribution is -2.32. The van der Waals surface area contributed by atoms with E-state index in [-0.39, 0.29) is 18.1 Å². The van der Waals surface area contributed by atoms with Gasteiger partial charge in [0.1, 0.15) is 0 Å². The number of carbonyl (C=O) groups is 1. The summed E-state index contributed by atoms with van der Waals surface area (Å²) in [5.74, 6) is 1.35. The lowest BCUT2D eigenvalue weighted by molar-refractivity contribution is 0.0113. The monoisotopic (exact) mass is 418 g/mol. The van der Waals surface area contributed by atoms with Crippen LogP contribution in [-0.4, -0.2) is 31.2 Å². The van der Waals surface area contributed by atoms with E-state index in [1.807, 2.05) is 54.6 Å². The zero-order valence-corrected chi connectivity index (χ0v) is 17.7. The fraction of sp³-hybridized carbons (Fsp3) is 0.280. The molecule has 6 nitrogen and oxygen atoms in total. The van der Waals surface area contributed by atoms with Gasteiger partial charge < -0.3 is 19.5 Å². The average Bonchev–Trinajstić information content (AvgIpc) is 3.16. The van der Waals surface area contributed by atoms with Gasteiger partial charge in [0.2, 0.25) is 0 Å². The van der Waals surface area contributed by atoms with Crippen LogP contribution in [0.5, 0.6) is 11.5 Å². The van der Waals surface area contributed by atoms with Crippen LogP contribution in [0.25, 0.3) is 0 Å². The van der Waals surface area contributed by atoms with E-state index in [2.05, 4.69) is 10.3 Å². The number of pyridine rings is 1. The predicted molar refractivity (Wildman–Crippen MR) is 117 cm³/mol. The Morgan fingerprint density at radius 3 is 2.61 bits per heavy atom. The van der Waals surface area contributed by atoms with Crippen LogP contribution < -0.4 is 14.8 Å². The second-order valence-electron chi connectivity index (χ2n) is 7.48. The van der Waals surface area contributed by atoms with E-state index < -0.39 is 0 Å². The fourth-order valence-electron chi connectivity index (χ4n) is 3.94. The smallest absolute Gasteiger partial charge is 0.252 e. The number of nitrogens with one attached hydrogen (secondary N) is 1. The van der Waals surface area contributed by atoms with Crippen molar-refractivity contribution in [3.05, 3.63) is 89.2 Å². The van der Waals surface area contributed by atoms with Crippen molar-refractivity contribution in [1.82, 2.24) is 10.3 Å². The summed E-state index contributed by atoms with van der Waals surface area (Å²) in [6.07, 6.45) is 4.85. The molecule has 6 heteroatoms. The summed E-state index contributed by atoms with van der Waals surface area (Å²) in [5.41, 5.74) is 3.81. The first-order valence-corrected chi connectivity index (χ1v) is 10.3. The van der Waals surface area contributed by atoms with Gasteiger partial charge in [-0.2, -0.15) is 0 Å². The van der Waals surface area contributed by atoms with Gasteiger partial charge in [0, 0.05) is 18.0 Å². The van der Waals surface area contributed by atoms with Gasteiger partial charge in [-0.05, 0) is 53.8 Å². The molecule has 3 aromatic rings. The molecule has 2 atom stereocenters. The number of benzene rings is 2. The molecule has 2 aromatic carbocycles. The average molecular weight is 418 g/mol. The zero-order chi connectivity index (χ0) is 21.6. The van der Waals surface area contributed by atoms with E-state index in [1.54, 1.807) is 26.6 Å². The van der Waals surface area contributed by atoms with Crippen LogP contribution in [0, 0.1) is 0 Å². The van der Waals surface area contributed by atoms with Gasteiger partial charge in [-0.15, -0.1) is 0 Å². The number of ether oxygens (including phenoxy) is 3. The molecule has 0 bridgehead atoms. The molecular formula is C25H26N2O4. The second kappa shape index (κ2) is 9.62. The van der Waals surface area contributed by atoms with Crippen LogP contribution in [0.4, 0.5) is 0 Å². The van der Waals surface area contributed by atoms with E-state index in [4.69, 9.17) is 14.2 Å². The molecule has 1 aliphatic heterocycles. The summed E-state index contributed by atoms with van der Waals surface area (Å²) >= 11 is 0. The summed E-state index contributed by atoms with van der Waals surface area (Å²) in [5, 5.41) is 3.11. The number of carbonyl (C=O) groups excluding carboxylic acids is 1. The first-order chi connectivity index (χ1) is 15.2. The van der Waals surface area contributed by atoms with E-state index in [0.29, 0.717) is 23.7 Å². The van der Waals surface area contributed by atoms with Gasteiger partial charge in [-0.1, -0.05) is 30.3 Å². The minimum atomic E-state index is -0.194. The first-order valence-electron chi connectivity index (χ1n) is 10.3. The number of fused-ring (bicyclic) bond motifs is 1. The minimum absolute atomic E-state index is 0.0540. The number of aryl methyl sites for hydroxylation is 1. The van der Waals surface area contributed by atoms with Crippen LogP contribution in [0.2, 0.25) is 0 Å². The second-order valence-corrected chi connectivity index (χ2v) is 7.48. The molecule has 2 unspecified atom stereocenters. The lowest BCUT2D eigenvalue weighted by Gasteiger charge is -2.25. The Kier molecular flexibility index (Phi) is 6.48. The maximum absolute atomic E-state index is 12.5.